The molecule has 2 rings (SSSR count). The summed E-state index contributed by atoms with van der Waals surface area (Å²) in [4.78, 5) is 14.2. The Hall–Kier alpha value is -1.95. The van der Waals surface area contributed by atoms with Crippen molar-refractivity contribution in [2.24, 2.45) is 0 Å². The van der Waals surface area contributed by atoms with E-state index in [9.17, 15) is 4.79 Å². The van der Waals surface area contributed by atoms with Gasteiger partial charge in [0.2, 0.25) is 5.91 Å². The van der Waals surface area contributed by atoms with Crippen LogP contribution in [0.2, 0.25) is 0 Å². The van der Waals surface area contributed by atoms with Crippen LogP contribution < -0.4 is 0 Å². The maximum Gasteiger partial charge on any atom is 0.242 e. The Bertz CT molecular complexity index is 702. The van der Waals surface area contributed by atoms with Gasteiger partial charge in [0.1, 0.15) is 12.4 Å². The smallest absolute Gasteiger partial charge is 0.242 e. The van der Waals surface area contributed by atoms with Gasteiger partial charge in [-0.3, -0.25) is 14.5 Å². The zero-order valence-corrected chi connectivity index (χ0v) is 14.8. The summed E-state index contributed by atoms with van der Waals surface area (Å²) in [6.07, 6.45) is 2.80. The Kier molecular flexibility index (Phi) is 6.10. The van der Waals surface area contributed by atoms with Crippen molar-refractivity contribution in [2.75, 3.05) is 7.05 Å². The summed E-state index contributed by atoms with van der Waals surface area (Å²) in [5.41, 5.74) is 2.43. The van der Waals surface area contributed by atoms with E-state index in [4.69, 9.17) is 12.2 Å². The van der Waals surface area contributed by atoms with E-state index in [1.54, 1.807) is 9.47 Å². The summed E-state index contributed by atoms with van der Waals surface area (Å²) >= 11 is 5.22. The highest BCUT2D eigenvalue weighted by atomic mass is 32.1. The molecule has 0 aliphatic heterocycles. The number of hydrogen-bond donors (Lipinski definition) is 1. The molecule has 0 spiro atoms. The van der Waals surface area contributed by atoms with Crippen molar-refractivity contribution in [1.29, 1.82) is 0 Å². The first-order valence-electron chi connectivity index (χ1n) is 8.01. The minimum atomic E-state index is 0.0272. The first kappa shape index (κ1) is 17.4. The highest BCUT2D eigenvalue weighted by Gasteiger charge is 2.14. The summed E-state index contributed by atoms with van der Waals surface area (Å²) < 4.78 is 2.29. The number of rotatable bonds is 7. The fraction of sp³-hybridized carbons (Fsp3) is 0.471. The van der Waals surface area contributed by atoms with Crippen LogP contribution in [0.15, 0.2) is 24.3 Å². The Morgan fingerprint density at radius 3 is 2.52 bits per heavy atom. The van der Waals surface area contributed by atoms with Gasteiger partial charge in [-0.2, -0.15) is 5.10 Å². The molecule has 0 bridgehead atoms. The van der Waals surface area contributed by atoms with Gasteiger partial charge in [0.15, 0.2) is 4.77 Å². The third kappa shape index (κ3) is 4.51. The molecule has 1 heterocycles. The second-order valence-electron chi connectivity index (χ2n) is 5.70. The van der Waals surface area contributed by atoms with Crippen LogP contribution in [0.25, 0.3) is 0 Å². The number of aromatic nitrogens is 3. The molecule has 0 aliphatic rings. The van der Waals surface area contributed by atoms with Crippen LogP contribution in [0, 0.1) is 4.77 Å². The number of nitrogens with one attached hydrogen (secondary N) is 1. The predicted octanol–water partition coefficient (Wildman–Crippen LogP) is 3.11. The largest absolute Gasteiger partial charge is 0.340 e. The van der Waals surface area contributed by atoms with E-state index in [-0.39, 0.29) is 12.5 Å². The number of likely N-dealkylation sites (N-methyl/N-ethyl adjacent to an activating group) is 1. The third-order valence-corrected chi connectivity index (χ3v) is 4.19. The van der Waals surface area contributed by atoms with Crippen LogP contribution in [-0.2, 0) is 30.7 Å². The minimum absolute atomic E-state index is 0.0272. The molecule has 1 N–H and O–H groups in total. The maximum atomic E-state index is 12.5. The van der Waals surface area contributed by atoms with Crippen LogP contribution in [0.1, 0.15) is 37.2 Å². The molecule has 0 fully saturated rings. The van der Waals surface area contributed by atoms with E-state index in [1.807, 2.05) is 7.05 Å². The first-order valence-corrected chi connectivity index (χ1v) is 8.41. The summed E-state index contributed by atoms with van der Waals surface area (Å²) in [7, 11) is 1.82. The molecule has 5 nitrogen and oxygen atoms in total. The molecule has 1 aromatic carbocycles. The number of carbonyl (C=O) groups excluding carboxylic acids is 1. The fourth-order valence-corrected chi connectivity index (χ4v) is 2.64. The zero-order valence-electron chi connectivity index (χ0n) is 14.0. The van der Waals surface area contributed by atoms with Gasteiger partial charge in [-0.25, -0.2) is 0 Å². The monoisotopic (exact) mass is 332 g/mol. The van der Waals surface area contributed by atoms with Gasteiger partial charge in [0.25, 0.3) is 0 Å². The number of aromatic amines is 1. The van der Waals surface area contributed by atoms with Gasteiger partial charge >= 0.3 is 0 Å². The minimum Gasteiger partial charge on any atom is -0.340 e. The molecule has 0 saturated heterocycles. The van der Waals surface area contributed by atoms with Crippen molar-refractivity contribution in [1.82, 2.24) is 19.7 Å². The molecule has 6 heteroatoms. The second-order valence-corrected chi connectivity index (χ2v) is 6.09. The average Bonchev–Trinajstić information content (AvgIpc) is 2.89. The first-order chi connectivity index (χ1) is 11.0. The normalized spacial score (nSPS) is 10.7. The Balaban J connectivity index is 2.02. The molecule has 0 unspecified atom stereocenters. The summed E-state index contributed by atoms with van der Waals surface area (Å²) in [5.74, 6) is 0.867. The summed E-state index contributed by atoms with van der Waals surface area (Å²) in [6.45, 7) is 5.04. The summed E-state index contributed by atoms with van der Waals surface area (Å²) in [6, 6.07) is 8.38. The molecule has 0 radical (unpaired) electrons. The molecule has 1 amide bonds. The molecule has 124 valence electrons. The second kappa shape index (κ2) is 8.06. The van der Waals surface area contributed by atoms with Gasteiger partial charge in [0.05, 0.1) is 0 Å². The van der Waals surface area contributed by atoms with E-state index in [1.165, 1.54) is 5.56 Å². The van der Waals surface area contributed by atoms with E-state index in [0.29, 0.717) is 11.3 Å². The van der Waals surface area contributed by atoms with Crippen LogP contribution in [0.5, 0.6) is 0 Å². The Morgan fingerprint density at radius 2 is 1.91 bits per heavy atom. The van der Waals surface area contributed by atoms with E-state index in [2.05, 4.69) is 48.3 Å². The van der Waals surface area contributed by atoms with E-state index >= 15 is 0 Å². The topological polar surface area (TPSA) is 53.9 Å². The van der Waals surface area contributed by atoms with Gasteiger partial charge < -0.3 is 4.90 Å². The number of nitrogens with zero attached hydrogens (tertiary/aromatic N) is 3. The van der Waals surface area contributed by atoms with Crippen molar-refractivity contribution in [3.63, 3.8) is 0 Å². The van der Waals surface area contributed by atoms with Gasteiger partial charge in [0, 0.05) is 20.0 Å². The fourth-order valence-electron chi connectivity index (χ4n) is 2.43. The average molecular weight is 332 g/mol. The van der Waals surface area contributed by atoms with Crippen molar-refractivity contribution in [3.8, 4) is 0 Å². The lowest BCUT2D eigenvalue weighted by molar-refractivity contribution is -0.131. The third-order valence-electron chi connectivity index (χ3n) is 3.88. The zero-order chi connectivity index (χ0) is 16.8. The molecule has 1 aromatic heterocycles. The Labute approximate surface area is 142 Å². The van der Waals surface area contributed by atoms with Gasteiger partial charge in [-0.1, -0.05) is 38.1 Å². The lowest BCUT2D eigenvalue weighted by Gasteiger charge is -2.18. The molecule has 0 atom stereocenters. The van der Waals surface area contributed by atoms with Crippen molar-refractivity contribution >= 4 is 18.1 Å². The predicted molar refractivity (Wildman–Crippen MR) is 93.7 cm³/mol. The van der Waals surface area contributed by atoms with Crippen LogP contribution in [0.3, 0.4) is 0 Å². The number of benzene rings is 1. The lowest BCUT2D eigenvalue weighted by atomic mass is 10.1. The maximum absolute atomic E-state index is 12.5. The Morgan fingerprint density at radius 1 is 1.26 bits per heavy atom. The number of hydrogen-bond acceptors (Lipinski definition) is 3. The number of aryl methyl sites for hydroxylation is 2. The highest BCUT2D eigenvalue weighted by Crippen LogP contribution is 2.09. The standard InChI is InChI=1S/C17H24N4OS/c1-4-6-15-18-19-17(23)21(15)12-16(22)20(3)11-14-9-7-13(5-2)8-10-14/h7-10H,4-6,11-12H2,1-3H3,(H,19,23). The molecular weight excluding hydrogens is 308 g/mol. The lowest BCUT2D eigenvalue weighted by Crippen LogP contribution is -2.30. The van der Waals surface area contributed by atoms with Gasteiger partial charge in [-0.05, 0) is 36.2 Å². The van der Waals surface area contributed by atoms with E-state index in [0.717, 1.165) is 30.7 Å². The molecular formula is C17H24N4OS. The van der Waals surface area contributed by atoms with Crippen LogP contribution >= 0.6 is 12.2 Å². The van der Waals surface area contributed by atoms with E-state index < -0.39 is 0 Å². The molecule has 0 aliphatic carbocycles. The number of H-pyrrole nitrogens is 1. The quantitative estimate of drug-likeness (QED) is 0.793. The van der Waals surface area contributed by atoms with Crippen molar-refractivity contribution in [3.05, 3.63) is 46.0 Å². The van der Waals surface area contributed by atoms with Crippen LogP contribution in [0.4, 0.5) is 0 Å². The number of carbonyl (C=O) groups is 1. The molecule has 23 heavy (non-hydrogen) atoms. The molecule has 0 saturated carbocycles. The van der Waals surface area contributed by atoms with Crippen molar-refractivity contribution < 1.29 is 4.79 Å². The highest BCUT2D eigenvalue weighted by molar-refractivity contribution is 7.71. The molecule has 2 aromatic rings. The van der Waals surface area contributed by atoms with Crippen LogP contribution in [-0.4, -0.2) is 32.6 Å². The number of amides is 1. The van der Waals surface area contributed by atoms with Crippen molar-refractivity contribution in [2.45, 2.75) is 46.2 Å². The SMILES string of the molecule is CCCc1n[nH]c(=S)n1CC(=O)N(C)Cc1ccc(CC)cc1. The summed E-state index contributed by atoms with van der Waals surface area (Å²) in [5, 5.41) is 6.97. The van der Waals surface area contributed by atoms with Gasteiger partial charge in [-0.15, -0.1) is 0 Å².